The van der Waals surface area contributed by atoms with Crippen LogP contribution in [0.5, 0.6) is 5.75 Å². The molecular weight excluding hydrogens is 193 g/mol. The van der Waals surface area contributed by atoms with E-state index < -0.39 is 0 Å². The number of rotatable bonds is 3. The van der Waals surface area contributed by atoms with Gasteiger partial charge in [-0.2, -0.15) is 0 Å². The largest absolute Gasteiger partial charge is 0.495 e. The smallest absolute Gasteiger partial charge is 0.140 e. The lowest BCUT2D eigenvalue weighted by molar-refractivity contribution is 0.411. The third-order valence-electron chi connectivity index (χ3n) is 1.69. The van der Waals surface area contributed by atoms with Crippen LogP contribution in [0.3, 0.4) is 0 Å². The Kier molecular flexibility index (Phi) is 3.51. The first-order valence-corrected chi connectivity index (χ1v) is 4.23. The Morgan fingerprint density at radius 2 is 2.23 bits per heavy atom. The summed E-state index contributed by atoms with van der Waals surface area (Å²) in [6, 6.07) is 2.85. The van der Waals surface area contributed by atoms with Crippen LogP contribution in [0.15, 0.2) is 12.1 Å². The molecule has 0 bridgehead atoms. The summed E-state index contributed by atoms with van der Waals surface area (Å²) in [5.74, 6) is 0.0506. The van der Waals surface area contributed by atoms with Crippen LogP contribution in [0.25, 0.3) is 0 Å². The van der Waals surface area contributed by atoms with Gasteiger partial charge in [0.05, 0.1) is 12.1 Å². The standard InChI is InChI=1S/C9H11ClFNO/c1-12-5-6-3-7(10)9(13-2)4-8(6)11/h3-4,12H,5H2,1-2H3. The lowest BCUT2D eigenvalue weighted by Gasteiger charge is -2.07. The summed E-state index contributed by atoms with van der Waals surface area (Å²) in [5.41, 5.74) is 0.535. The normalized spacial score (nSPS) is 10.2. The van der Waals surface area contributed by atoms with Gasteiger partial charge in [0.1, 0.15) is 11.6 Å². The number of methoxy groups -OCH3 is 1. The van der Waals surface area contributed by atoms with Crippen LogP contribution in [0, 0.1) is 5.82 Å². The van der Waals surface area contributed by atoms with Crippen molar-refractivity contribution in [2.45, 2.75) is 6.54 Å². The Balaban J connectivity index is 3.05. The molecule has 0 aromatic heterocycles. The van der Waals surface area contributed by atoms with Crippen molar-refractivity contribution in [3.63, 3.8) is 0 Å². The average Bonchev–Trinajstić information content (AvgIpc) is 2.11. The molecule has 13 heavy (non-hydrogen) atoms. The topological polar surface area (TPSA) is 21.3 Å². The van der Waals surface area contributed by atoms with E-state index in [0.717, 1.165) is 0 Å². The Labute approximate surface area is 81.7 Å². The van der Waals surface area contributed by atoms with Gasteiger partial charge in [0.15, 0.2) is 0 Å². The van der Waals surface area contributed by atoms with Crippen molar-refractivity contribution in [3.05, 3.63) is 28.5 Å². The third kappa shape index (κ3) is 2.32. The van der Waals surface area contributed by atoms with Crippen LogP contribution in [0.1, 0.15) is 5.56 Å². The van der Waals surface area contributed by atoms with E-state index in [1.165, 1.54) is 13.2 Å². The van der Waals surface area contributed by atoms with Crippen molar-refractivity contribution >= 4 is 11.6 Å². The molecule has 0 heterocycles. The molecule has 0 aliphatic rings. The molecule has 0 saturated carbocycles. The van der Waals surface area contributed by atoms with Crippen LogP contribution in [-0.4, -0.2) is 14.2 Å². The predicted molar refractivity (Wildman–Crippen MR) is 50.7 cm³/mol. The predicted octanol–water partition coefficient (Wildman–Crippen LogP) is 2.21. The molecule has 0 atom stereocenters. The molecule has 0 fully saturated rings. The van der Waals surface area contributed by atoms with Crippen molar-refractivity contribution in [2.75, 3.05) is 14.2 Å². The number of halogens is 2. The third-order valence-corrected chi connectivity index (χ3v) is 1.98. The maximum atomic E-state index is 13.2. The van der Waals surface area contributed by atoms with E-state index in [4.69, 9.17) is 16.3 Å². The van der Waals surface area contributed by atoms with Gasteiger partial charge in [-0.25, -0.2) is 4.39 Å². The molecule has 0 aliphatic carbocycles. The van der Waals surface area contributed by atoms with Crippen LogP contribution in [0.2, 0.25) is 5.02 Å². The Morgan fingerprint density at radius 3 is 2.77 bits per heavy atom. The molecule has 0 unspecified atom stereocenters. The van der Waals surface area contributed by atoms with Crippen LogP contribution >= 0.6 is 11.6 Å². The second-order valence-corrected chi connectivity index (χ2v) is 3.02. The summed E-state index contributed by atoms with van der Waals surface area (Å²) in [6.07, 6.45) is 0. The average molecular weight is 204 g/mol. The maximum absolute atomic E-state index is 13.2. The fraction of sp³-hybridized carbons (Fsp3) is 0.333. The van der Waals surface area contributed by atoms with E-state index in [1.807, 2.05) is 0 Å². The molecule has 0 spiro atoms. The van der Waals surface area contributed by atoms with E-state index >= 15 is 0 Å². The second kappa shape index (κ2) is 4.44. The number of ether oxygens (including phenoxy) is 1. The van der Waals surface area contributed by atoms with Gasteiger partial charge in [-0.3, -0.25) is 0 Å². The van der Waals surface area contributed by atoms with Crippen molar-refractivity contribution in [1.82, 2.24) is 5.32 Å². The highest BCUT2D eigenvalue weighted by Crippen LogP contribution is 2.27. The maximum Gasteiger partial charge on any atom is 0.140 e. The minimum absolute atomic E-state index is 0.310. The fourth-order valence-electron chi connectivity index (χ4n) is 1.05. The Bertz CT molecular complexity index is 304. The molecule has 0 saturated heterocycles. The van der Waals surface area contributed by atoms with Crippen LogP contribution in [-0.2, 0) is 6.54 Å². The summed E-state index contributed by atoms with van der Waals surface area (Å²) in [4.78, 5) is 0. The van der Waals surface area contributed by atoms with E-state index in [2.05, 4.69) is 5.32 Å². The molecule has 1 N–H and O–H groups in total. The van der Waals surface area contributed by atoms with Crippen molar-refractivity contribution in [1.29, 1.82) is 0 Å². The van der Waals surface area contributed by atoms with Gasteiger partial charge in [0.2, 0.25) is 0 Å². The van der Waals surface area contributed by atoms with E-state index in [9.17, 15) is 4.39 Å². The number of hydrogen-bond donors (Lipinski definition) is 1. The van der Waals surface area contributed by atoms with Crippen molar-refractivity contribution in [2.24, 2.45) is 0 Å². The molecule has 0 radical (unpaired) electrons. The van der Waals surface area contributed by atoms with Gasteiger partial charge in [0, 0.05) is 18.2 Å². The minimum Gasteiger partial charge on any atom is -0.495 e. The molecule has 1 aromatic carbocycles. The second-order valence-electron chi connectivity index (χ2n) is 2.61. The van der Waals surface area contributed by atoms with Crippen LogP contribution in [0.4, 0.5) is 4.39 Å². The Hall–Kier alpha value is -0.800. The lowest BCUT2D eigenvalue weighted by Crippen LogP contribution is -2.07. The molecule has 4 heteroatoms. The molecule has 1 aromatic rings. The summed E-state index contributed by atoms with van der Waals surface area (Å²) < 4.78 is 18.1. The number of hydrogen-bond acceptors (Lipinski definition) is 2. The van der Waals surface area contributed by atoms with Gasteiger partial charge in [-0.1, -0.05) is 11.6 Å². The summed E-state index contributed by atoms with van der Waals surface area (Å²) in [6.45, 7) is 0.454. The molecule has 2 nitrogen and oxygen atoms in total. The highest BCUT2D eigenvalue weighted by molar-refractivity contribution is 6.32. The first-order chi connectivity index (χ1) is 6.19. The zero-order valence-electron chi connectivity index (χ0n) is 7.53. The van der Waals surface area contributed by atoms with Gasteiger partial charge in [-0.05, 0) is 13.1 Å². The molecule has 0 amide bonds. The summed E-state index contributed by atoms with van der Waals surface area (Å²) >= 11 is 5.82. The monoisotopic (exact) mass is 203 g/mol. The van der Waals surface area contributed by atoms with E-state index in [-0.39, 0.29) is 5.82 Å². The zero-order valence-corrected chi connectivity index (χ0v) is 8.28. The summed E-state index contributed by atoms with van der Waals surface area (Å²) in [7, 11) is 3.20. The van der Waals surface area contributed by atoms with Gasteiger partial charge < -0.3 is 10.1 Å². The van der Waals surface area contributed by atoms with Crippen LogP contribution < -0.4 is 10.1 Å². The summed E-state index contributed by atoms with van der Waals surface area (Å²) in [5, 5.41) is 3.28. The van der Waals surface area contributed by atoms with E-state index in [1.54, 1.807) is 13.1 Å². The molecule has 72 valence electrons. The highest BCUT2D eigenvalue weighted by Gasteiger charge is 2.07. The van der Waals surface area contributed by atoms with Crippen molar-refractivity contribution < 1.29 is 9.13 Å². The SMILES string of the molecule is CNCc1cc(Cl)c(OC)cc1F. The quantitative estimate of drug-likeness (QED) is 0.814. The molecular formula is C9H11ClFNO. The van der Waals surface area contributed by atoms with Gasteiger partial charge in [-0.15, -0.1) is 0 Å². The van der Waals surface area contributed by atoms with Crippen molar-refractivity contribution in [3.8, 4) is 5.75 Å². The molecule has 0 aliphatic heterocycles. The lowest BCUT2D eigenvalue weighted by atomic mass is 10.2. The first kappa shape index (κ1) is 10.3. The highest BCUT2D eigenvalue weighted by atomic mass is 35.5. The number of nitrogens with one attached hydrogen (secondary N) is 1. The van der Waals surface area contributed by atoms with E-state index in [0.29, 0.717) is 22.9 Å². The first-order valence-electron chi connectivity index (χ1n) is 3.85. The minimum atomic E-state index is -0.310. The fourth-order valence-corrected chi connectivity index (χ4v) is 1.32. The number of benzene rings is 1. The molecule has 1 rings (SSSR count). The Morgan fingerprint density at radius 1 is 1.54 bits per heavy atom. The zero-order chi connectivity index (χ0) is 9.84. The van der Waals surface area contributed by atoms with Gasteiger partial charge >= 0.3 is 0 Å². The van der Waals surface area contributed by atoms with Gasteiger partial charge in [0.25, 0.3) is 0 Å².